The van der Waals surface area contributed by atoms with E-state index in [1.807, 2.05) is 0 Å². The minimum Gasteiger partial charge on any atom is -0.480 e. The number of thioether (sulfide) groups is 1. The SMILES string of the molecule is CC(=O)N1CSC[C@@H]1C(=O)N[C@@H](Cc1ccc(OC(=O)c2ccccc2)cc1)C(=O)O. The van der Waals surface area contributed by atoms with Gasteiger partial charge in [-0.2, -0.15) is 0 Å². The molecule has 31 heavy (non-hydrogen) atoms. The summed E-state index contributed by atoms with van der Waals surface area (Å²) in [6.45, 7) is 1.38. The molecule has 0 saturated carbocycles. The van der Waals surface area contributed by atoms with Crippen molar-refractivity contribution < 1.29 is 29.0 Å². The van der Waals surface area contributed by atoms with Crippen LogP contribution in [-0.2, 0) is 20.8 Å². The highest BCUT2D eigenvalue weighted by Gasteiger charge is 2.35. The second-order valence-electron chi connectivity index (χ2n) is 7.01. The van der Waals surface area contributed by atoms with Gasteiger partial charge in [0.25, 0.3) is 0 Å². The normalized spacial score (nSPS) is 16.4. The lowest BCUT2D eigenvalue weighted by molar-refractivity contribution is -0.143. The van der Waals surface area contributed by atoms with Gasteiger partial charge in [-0.25, -0.2) is 9.59 Å². The molecule has 162 valence electrons. The summed E-state index contributed by atoms with van der Waals surface area (Å²) in [7, 11) is 0. The standard InChI is InChI=1S/C22H22N2O6S/c1-14(25)24-13-31-12-19(24)20(26)23-18(21(27)28)11-15-7-9-17(10-8-15)30-22(29)16-5-3-2-4-6-16/h2-10,18-19H,11-13H2,1H3,(H,23,26)(H,27,28)/t18-,19+/m0/s1. The van der Waals surface area contributed by atoms with Crippen molar-refractivity contribution in [2.45, 2.75) is 25.4 Å². The third-order valence-corrected chi connectivity index (χ3v) is 5.80. The van der Waals surface area contributed by atoms with Crippen LogP contribution >= 0.6 is 11.8 Å². The molecular formula is C22H22N2O6S. The van der Waals surface area contributed by atoms with Crippen LogP contribution in [0.15, 0.2) is 54.6 Å². The van der Waals surface area contributed by atoms with E-state index in [2.05, 4.69) is 5.32 Å². The molecule has 1 saturated heterocycles. The van der Waals surface area contributed by atoms with E-state index in [1.165, 1.54) is 23.6 Å². The smallest absolute Gasteiger partial charge is 0.343 e. The molecule has 1 aliphatic heterocycles. The number of rotatable bonds is 7. The predicted octanol–water partition coefficient (Wildman–Crippen LogP) is 1.94. The number of esters is 1. The Morgan fingerprint density at radius 1 is 1.13 bits per heavy atom. The Hall–Kier alpha value is -3.33. The number of nitrogens with one attached hydrogen (secondary N) is 1. The molecular weight excluding hydrogens is 420 g/mol. The Bertz CT molecular complexity index is 964. The molecule has 2 amide bonds. The highest BCUT2D eigenvalue weighted by molar-refractivity contribution is 7.99. The number of carboxylic acids is 1. The van der Waals surface area contributed by atoms with E-state index >= 15 is 0 Å². The number of carboxylic acid groups (broad SMARTS) is 1. The van der Waals surface area contributed by atoms with Gasteiger partial charge in [0.05, 0.1) is 11.4 Å². The summed E-state index contributed by atoms with van der Waals surface area (Å²) in [6, 6.07) is 13.2. The lowest BCUT2D eigenvalue weighted by Gasteiger charge is -2.23. The molecule has 0 spiro atoms. The van der Waals surface area contributed by atoms with Crippen molar-refractivity contribution in [3.05, 3.63) is 65.7 Å². The molecule has 0 radical (unpaired) electrons. The van der Waals surface area contributed by atoms with Crippen LogP contribution < -0.4 is 10.1 Å². The number of hydrogen-bond acceptors (Lipinski definition) is 6. The first kappa shape index (κ1) is 22.4. The zero-order valence-corrected chi connectivity index (χ0v) is 17.6. The highest BCUT2D eigenvalue weighted by Crippen LogP contribution is 2.21. The lowest BCUT2D eigenvalue weighted by atomic mass is 10.1. The summed E-state index contributed by atoms with van der Waals surface area (Å²) in [4.78, 5) is 49.4. The Morgan fingerprint density at radius 3 is 2.42 bits per heavy atom. The summed E-state index contributed by atoms with van der Waals surface area (Å²) in [5.41, 5.74) is 1.07. The lowest BCUT2D eigenvalue weighted by Crippen LogP contribution is -2.52. The second-order valence-corrected chi connectivity index (χ2v) is 8.01. The van der Waals surface area contributed by atoms with E-state index in [1.54, 1.807) is 54.6 Å². The Morgan fingerprint density at radius 2 is 1.81 bits per heavy atom. The molecule has 3 rings (SSSR count). The van der Waals surface area contributed by atoms with Crippen LogP contribution in [-0.4, -0.2) is 57.5 Å². The number of nitrogens with zero attached hydrogens (tertiary/aromatic N) is 1. The van der Waals surface area contributed by atoms with Crippen molar-refractivity contribution in [3.63, 3.8) is 0 Å². The van der Waals surface area contributed by atoms with Crippen LogP contribution in [0.2, 0.25) is 0 Å². The van der Waals surface area contributed by atoms with Crippen molar-refractivity contribution in [3.8, 4) is 5.75 Å². The summed E-state index contributed by atoms with van der Waals surface area (Å²) in [5.74, 6) is -1.21. The van der Waals surface area contributed by atoms with Gasteiger partial charge in [-0.05, 0) is 29.8 Å². The molecule has 2 aromatic carbocycles. The predicted molar refractivity (Wildman–Crippen MR) is 115 cm³/mol. The molecule has 2 N–H and O–H groups in total. The van der Waals surface area contributed by atoms with Gasteiger partial charge in [0, 0.05) is 19.1 Å². The van der Waals surface area contributed by atoms with Gasteiger partial charge in [-0.1, -0.05) is 30.3 Å². The van der Waals surface area contributed by atoms with Crippen LogP contribution in [0.25, 0.3) is 0 Å². The fourth-order valence-electron chi connectivity index (χ4n) is 3.11. The van der Waals surface area contributed by atoms with Crippen molar-refractivity contribution in [1.29, 1.82) is 0 Å². The fourth-order valence-corrected chi connectivity index (χ4v) is 4.33. The van der Waals surface area contributed by atoms with Gasteiger partial charge in [0.15, 0.2) is 0 Å². The zero-order chi connectivity index (χ0) is 22.4. The molecule has 0 aromatic heterocycles. The van der Waals surface area contributed by atoms with Crippen LogP contribution in [0.3, 0.4) is 0 Å². The van der Waals surface area contributed by atoms with E-state index in [9.17, 15) is 24.3 Å². The fraction of sp³-hybridized carbons (Fsp3) is 0.273. The van der Waals surface area contributed by atoms with Gasteiger partial charge in [-0.3, -0.25) is 9.59 Å². The molecule has 2 aromatic rings. The maximum absolute atomic E-state index is 12.5. The third kappa shape index (κ3) is 5.85. The van der Waals surface area contributed by atoms with Crippen molar-refractivity contribution in [2.75, 3.05) is 11.6 Å². The van der Waals surface area contributed by atoms with Crippen LogP contribution in [0.1, 0.15) is 22.8 Å². The highest BCUT2D eigenvalue weighted by atomic mass is 32.2. The van der Waals surface area contributed by atoms with Gasteiger partial charge >= 0.3 is 11.9 Å². The molecule has 9 heteroatoms. The second kappa shape index (κ2) is 10.1. The van der Waals surface area contributed by atoms with Gasteiger partial charge in [0.2, 0.25) is 11.8 Å². The van der Waals surface area contributed by atoms with E-state index in [4.69, 9.17) is 4.74 Å². The average Bonchev–Trinajstić information content (AvgIpc) is 3.25. The maximum Gasteiger partial charge on any atom is 0.343 e. The Labute approximate surface area is 183 Å². The van der Waals surface area contributed by atoms with E-state index in [0.29, 0.717) is 28.5 Å². The van der Waals surface area contributed by atoms with Crippen LogP contribution in [0, 0.1) is 0 Å². The largest absolute Gasteiger partial charge is 0.480 e. The molecule has 1 heterocycles. The Balaban J connectivity index is 1.61. The van der Waals surface area contributed by atoms with E-state index in [0.717, 1.165) is 0 Å². The minimum absolute atomic E-state index is 0.0495. The number of hydrogen-bond donors (Lipinski definition) is 2. The molecule has 2 atom stereocenters. The summed E-state index contributed by atoms with van der Waals surface area (Å²) in [6.07, 6.45) is 0.0495. The number of carbonyl (C=O) groups is 4. The first-order chi connectivity index (χ1) is 14.8. The van der Waals surface area contributed by atoms with Crippen molar-refractivity contribution in [1.82, 2.24) is 10.2 Å². The third-order valence-electron chi connectivity index (χ3n) is 4.79. The van der Waals surface area contributed by atoms with Gasteiger partial charge in [-0.15, -0.1) is 11.8 Å². The topological polar surface area (TPSA) is 113 Å². The van der Waals surface area contributed by atoms with E-state index in [-0.39, 0.29) is 12.3 Å². The molecule has 1 aliphatic rings. The number of benzene rings is 2. The van der Waals surface area contributed by atoms with Crippen LogP contribution in [0.5, 0.6) is 5.75 Å². The number of aliphatic carboxylic acids is 1. The van der Waals surface area contributed by atoms with Crippen LogP contribution in [0.4, 0.5) is 0 Å². The summed E-state index contributed by atoms with van der Waals surface area (Å²) >= 11 is 1.45. The first-order valence-electron chi connectivity index (χ1n) is 9.59. The number of ether oxygens (including phenoxy) is 1. The van der Waals surface area contributed by atoms with Crippen molar-refractivity contribution in [2.24, 2.45) is 0 Å². The number of carbonyl (C=O) groups excluding carboxylic acids is 3. The monoisotopic (exact) mass is 442 g/mol. The summed E-state index contributed by atoms with van der Waals surface area (Å²) < 4.78 is 5.31. The average molecular weight is 442 g/mol. The molecule has 0 unspecified atom stereocenters. The molecule has 8 nitrogen and oxygen atoms in total. The molecule has 0 bridgehead atoms. The first-order valence-corrected chi connectivity index (χ1v) is 10.7. The summed E-state index contributed by atoms with van der Waals surface area (Å²) in [5, 5.41) is 12.1. The number of amides is 2. The van der Waals surface area contributed by atoms with E-state index < -0.39 is 29.9 Å². The maximum atomic E-state index is 12.5. The minimum atomic E-state index is -1.17. The Kier molecular flexibility index (Phi) is 7.30. The molecule has 0 aliphatic carbocycles. The van der Waals surface area contributed by atoms with Crippen molar-refractivity contribution >= 4 is 35.5 Å². The van der Waals surface area contributed by atoms with Gasteiger partial charge in [0.1, 0.15) is 17.8 Å². The van der Waals surface area contributed by atoms with Gasteiger partial charge < -0.3 is 20.1 Å². The molecule has 1 fully saturated rings. The quantitative estimate of drug-likeness (QED) is 0.498. The zero-order valence-electron chi connectivity index (χ0n) is 16.8.